The Hall–Kier alpha value is -8.07. The molecule has 0 bridgehead atoms. The molecular weight excluding hydrogens is 1290 g/mol. The van der Waals surface area contributed by atoms with Crippen LogP contribution in [0, 0.1) is 29.6 Å². The van der Waals surface area contributed by atoms with Gasteiger partial charge in [-0.15, -0.1) is 0 Å². The summed E-state index contributed by atoms with van der Waals surface area (Å²) in [5, 5.41) is 49.7. The van der Waals surface area contributed by atoms with Gasteiger partial charge in [0.25, 0.3) is 0 Å². The summed E-state index contributed by atoms with van der Waals surface area (Å²) in [6.07, 6.45) is -8.35. The summed E-state index contributed by atoms with van der Waals surface area (Å²) >= 11 is 0. The average molecular weight is 1400 g/mol. The third-order valence-corrected chi connectivity index (χ3v) is 18.4. The molecule has 16 N–H and O–H groups in total. The molecule has 2 aliphatic heterocycles. The predicted octanol–water partition coefficient (Wildman–Crippen LogP) is 0.747. The first-order valence-electron chi connectivity index (χ1n) is 33.8. The van der Waals surface area contributed by atoms with E-state index in [1.165, 1.54) is 38.3 Å². The molecular formula is C68H109N13O18. The maximum Gasteiger partial charge on any atom is 0.410 e. The molecule has 99 heavy (non-hydrogen) atoms. The minimum absolute atomic E-state index is 0.00550. The number of nitrogens with one attached hydrogen (secondary N) is 7. The van der Waals surface area contributed by atoms with Crippen LogP contribution in [0.4, 0.5) is 15.3 Å². The maximum absolute atomic E-state index is 14.8. The third kappa shape index (κ3) is 23.8. The van der Waals surface area contributed by atoms with Gasteiger partial charge < -0.3 is 98.5 Å². The number of rotatable bonds is 38. The van der Waals surface area contributed by atoms with E-state index in [0.717, 1.165) is 4.90 Å². The van der Waals surface area contributed by atoms with Crippen molar-refractivity contribution in [3.8, 4) is 0 Å². The summed E-state index contributed by atoms with van der Waals surface area (Å²) < 4.78 is 22.9. The van der Waals surface area contributed by atoms with Crippen molar-refractivity contribution in [2.45, 2.75) is 218 Å². The minimum Gasteiger partial charge on any atom is -0.445 e. The fraction of sp³-hybridized carbons (Fsp3) is 0.662. The smallest absolute Gasteiger partial charge is 0.410 e. The lowest BCUT2D eigenvalue weighted by Gasteiger charge is -2.41. The number of hydrogen-bond acceptors (Lipinski definition) is 19. The van der Waals surface area contributed by atoms with Gasteiger partial charge in [-0.3, -0.25) is 48.1 Å². The lowest BCUT2D eigenvalue weighted by Crippen LogP contribution is -2.60. The molecule has 31 heteroatoms. The van der Waals surface area contributed by atoms with Crippen LogP contribution < -0.4 is 54.4 Å². The summed E-state index contributed by atoms with van der Waals surface area (Å²) in [5.74, 6) is -8.05. The first-order chi connectivity index (χ1) is 46.6. The number of nitrogens with two attached hydrogens (primary N) is 3. The van der Waals surface area contributed by atoms with E-state index in [1.807, 2.05) is 32.0 Å². The number of carbonyl (C=O) groups excluding carboxylic acids is 11. The number of aliphatic hydroxyl groups is 3. The van der Waals surface area contributed by atoms with Gasteiger partial charge in [0, 0.05) is 53.5 Å². The van der Waals surface area contributed by atoms with Gasteiger partial charge in [0.2, 0.25) is 53.2 Å². The molecule has 2 heterocycles. The van der Waals surface area contributed by atoms with Gasteiger partial charge in [-0.1, -0.05) is 111 Å². The number of likely N-dealkylation sites (tertiary alicyclic amines) is 1. The number of carbonyl (C=O) groups is 11. The van der Waals surface area contributed by atoms with E-state index in [1.54, 1.807) is 91.6 Å². The summed E-state index contributed by atoms with van der Waals surface area (Å²) in [7, 11) is 6.02. The van der Waals surface area contributed by atoms with Crippen LogP contribution in [0.1, 0.15) is 138 Å². The molecule has 12 amide bonds. The molecule has 1 unspecified atom stereocenters. The van der Waals surface area contributed by atoms with Gasteiger partial charge in [-0.25, -0.2) is 9.59 Å². The zero-order chi connectivity index (χ0) is 74.3. The van der Waals surface area contributed by atoms with E-state index < -0.39 is 168 Å². The number of hydrogen-bond donors (Lipinski definition) is 13. The van der Waals surface area contributed by atoms with Crippen LogP contribution in [0.25, 0.3) is 0 Å². The van der Waals surface area contributed by atoms with Crippen molar-refractivity contribution in [2.75, 3.05) is 46.7 Å². The van der Waals surface area contributed by atoms with Gasteiger partial charge in [0.1, 0.15) is 43.0 Å². The summed E-state index contributed by atoms with van der Waals surface area (Å²) in [6, 6.07) is 6.73. The summed E-state index contributed by atoms with van der Waals surface area (Å²) in [5.41, 5.74) is 17.9. The van der Waals surface area contributed by atoms with Crippen LogP contribution in [0.3, 0.4) is 0 Å². The number of benzene rings is 2. The van der Waals surface area contributed by atoms with Gasteiger partial charge in [-0.2, -0.15) is 0 Å². The van der Waals surface area contributed by atoms with Gasteiger partial charge in [-0.05, 0) is 86.0 Å². The first kappa shape index (κ1) is 83.4. The summed E-state index contributed by atoms with van der Waals surface area (Å²) in [6.45, 7) is 17.9. The van der Waals surface area contributed by atoms with Crippen LogP contribution in [0.15, 0.2) is 54.6 Å². The van der Waals surface area contributed by atoms with Crippen LogP contribution in [-0.4, -0.2) is 222 Å². The van der Waals surface area contributed by atoms with Crippen molar-refractivity contribution in [3.63, 3.8) is 0 Å². The van der Waals surface area contributed by atoms with Gasteiger partial charge in [0.05, 0.1) is 54.8 Å². The SMILES string of the molecule is CC[C@H](C)[C@@H]([C@@H](CC(=O)N1CCC[C@H]1[C@H](OC)[C@@H](C)C(=O)N[C@H](C)[C@@H](O)c1ccccc1)OC)N(C)C(=O)[C@@H](NC(=O)[C@H](C(C)C)N(C)C(=O)OCc1ccc(NC(=O)[C@H](CCCNC(N)=O)NC(=O)[C@@H](NC(=O)[C@@H](N)CCC(=O)NC2O[C@H](C(N)=O)[C@@H](O)[C@H]2O)C(C)C)cc1)C(C)C. The number of nitrogens with zero attached hydrogens (tertiary/aromatic N) is 3. The van der Waals surface area contributed by atoms with E-state index in [4.69, 9.17) is 36.1 Å². The molecule has 0 radical (unpaired) electrons. The van der Waals surface area contributed by atoms with E-state index in [0.29, 0.717) is 36.9 Å². The highest BCUT2D eigenvalue weighted by Gasteiger charge is 2.47. The van der Waals surface area contributed by atoms with Crippen molar-refractivity contribution in [2.24, 2.45) is 46.8 Å². The maximum atomic E-state index is 14.8. The molecule has 0 aromatic heterocycles. The Balaban J connectivity index is 1.38. The van der Waals surface area contributed by atoms with Crippen LogP contribution in [-0.2, 0) is 68.7 Å². The van der Waals surface area contributed by atoms with Crippen molar-refractivity contribution in [1.82, 2.24) is 46.6 Å². The number of aliphatic hydroxyl groups excluding tert-OH is 3. The fourth-order valence-electron chi connectivity index (χ4n) is 12.4. The zero-order valence-electron chi connectivity index (χ0n) is 59.6. The highest BCUT2D eigenvalue weighted by Crippen LogP contribution is 2.31. The minimum atomic E-state index is -1.68. The van der Waals surface area contributed by atoms with E-state index in [9.17, 15) is 68.1 Å². The fourth-order valence-corrected chi connectivity index (χ4v) is 12.4. The molecule has 2 saturated heterocycles. The van der Waals surface area contributed by atoms with E-state index >= 15 is 0 Å². The lowest BCUT2D eigenvalue weighted by atomic mass is 9.89. The molecule has 4 rings (SSSR count). The Bertz CT molecular complexity index is 3020. The monoisotopic (exact) mass is 1400 g/mol. The van der Waals surface area contributed by atoms with Crippen LogP contribution in [0.5, 0.6) is 0 Å². The number of ether oxygens (including phenoxy) is 4. The van der Waals surface area contributed by atoms with Crippen molar-refractivity contribution < 1.29 is 87.0 Å². The second-order valence-corrected chi connectivity index (χ2v) is 26.8. The Morgan fingerprint density at radius 2 is 1.35 bits per heavy atom. The largest absolute Gasteiger partial charge is 0.445 e. The quantitative estimate of drug-likeness (QED) is 0.0413. The zero-order valence-corrected chi connectivity index (χ0v) is 59.6. The van der Waals surface area contributed by atoms with Crippen molar-refractivity contribution >= 4 is 71.0 Å². The molecule has 554 valence electrons. The number of anilines is 1. The first-order valence-corrected chi connectivity index (χ1v) is 33.8. The number of primary amides is 2. The van der Waals surface area contributed by atoms with Crippen LogP contribution in [0.2, 0.25) is 0 Å². The molecule has 0 aliphatic carbocycles. The number of likely N-dealkylation sites (N-methyl/N-ethyl adjacent to an activating group) is 2. The molecule has 2 aliphatic rings. The normalized spacial score (nSPS) is 20.5. The van der Waals surface area contributed by atoms with Gasteiger partial charge in [0.15, 0.2) is 12.3 Å². The highest BCUT2D eigenvalue weighted by molar-refractivity contribution is 5.99. The Morgan fingerprint density at radius 3 is 1.91 bits per heavy atom. The molecule has 17 atom stereocenters. The second-order valence-electron chi connectivity index (χ2n) is 26.8. The Morgan fingerprint density at radius 1 is 0.727 bits per heavy atom. The number of amides is 12. The van der Waals surface area contributed by atoms with Crippen molar-refractivity contribution in [1.29, 1.82) is 0 Å². The van der Waals surface area contributed by atoms with Crippen LogP contribution >= 0.6 is 0 Å². The topological polar surface area (TPSA) is 457 Å². The van der Waals surface area contributed by atoms with E-state index in [2.05, 4.69) is 37.2 Å². The highest BCUT2D eigenvalue weighted by atomic mass is 16.6. The molecule has 0 spiro atoms. The summed E-state index contributed by atoms with van der Waals surface area (Å²) in [4.78, 5) is 152. The number of urea groups is 1. The molecule has 2 aromatic carbocycles. The molecule has 2 fully saturated rings. The third-order valence-electron chi connectivity index (χ3n) is 18.4. The molecule has 2 aromatic rings. The average Bonchev–Trinajstić information content (AvgIpc) is 1.81. The van der Waals surface area contributed by atoms with Gasteiger partial charge >= 0.3 is 12.1 Å². The Kier molecular flexibility index (Phi) is 33.4. The molecule has 31 nitrogen and oxygen atoms in total. The Labute approximate surface area is 580 Å². The standard InChI is InChI=1S/C68H109N13O18/c1-15-38(8)53(47(96-13)33-49(83)81-32-20-24-46(81)57(97-14)39(9)60(88)73-40(10)54(84)42-21-17-16-18-22-42)79(11)66(93)51(36(4)5)78-64(92)52(37(6)7)80(12)68(95)98-34-41-25-27-43(28-26-41)74-62(90)45(23-19-31-72-67(71)94)75-63(91)50(35(2)3)77-61(89)44(69)29-30-48(82)76-65-56(86)55(85)58(99-65)59(70)87/h16-18,21-22,25-28,35-40,44-47,50-58,65,84-86H,15,19-20,23-24,29-34,69H2,1-14H3,(H2,70,87)(H,73,88)(H,74,90)(H,75,91)(H,76,82)(H,77,89)(H,78,92)(H3,71,72,94)/t38-,39+,40+,44-,45-,46-,47+,50-,51-,52-,53-,54+,55-,56+,57+,58-,65?/m0/s1. The molecule has 0 saturated carbocycles. The second kappa shape index (κ2) is 39.7. The van der Waals surface area contributed by atoms with Crippen molar-refractivity contribution in [3.05, 3.63) is 65.7 Å². The van der Waals surface area contributed by atoms with E-state index in [-0.39, 0.29) is 68.7 Å². The number of methoxy groups -OCH3 is 2. The predicted molar refractivity (Wildman–Crippen MR) is 364 cm³/mol. The lowest BCUT2D eigenvalue weighted by molar-refractivity contribution is -0.148.